The summed E-state index contributed by atoms with van der Waals surface area (Å²) in [5.74, 6) is 1.70. The molecule has 0 unspecified atom stereocenters. The zero-order valence-corrected chi connectivity index (χ0v) is 16.4. The number of carbonyl (C=O) groups is 1. The van der Waals surface area contributed by atoms with Crippen molar-refractivity contribution >= 4 is 22.4 Å². The highest BCUT2D eigenvalue weighted by atomic mass is 32.1. The Labute approximate surface area is 162 Å². The molecule has 7 nitrogen and oxygen atoms in total. The van der Waals surface area contributed by atoms with Gasteiger partial charge in [-0.25, -0.2) is 14.6 Å². The molecule has 0 aliphatic carbocycles. The molecule has 0 fully saturated rings. The number of fused-ring (bicyclic) bond motifs is 1. The molecule has 0 radical (unpaired) electrons. The third kappa shape index (κ3) is 3.21. The second kappa shape index (κ2) is 7.11. The second-order valence-corrected chi connectivity index (χ2v) is 7.72. The van der Waals surface area contributed by atoms with E-state index in [0.29, 0.717) is 24.6 Å². The zero-order chi connectivity index (χ0) is 19.0. The minimum atomic E-state index is -0.129. The molecule has 1 N–H and O–H groups in total. The van der Waals surface area contributed by atoms with Crippen LogP contribution in [-0.4, -0.2) is 44.1 Å². The predicted octanol–water partition coefficient (Wildman–Crippen LogP) is 3.30. The van der Waals surface area contributed by atoms with Crippen LogP contribution in [0.1, 0.15) is 36.2 Å². The lowest BCUT2D eigenvalue weighted by Crippen LogP contribution is -2.44. The lowest BCUT2D eigenvalue weighted by molar-refractivity contribution is 0.0532. The van der Waals surface area contributed by atoms with Crippen LogP contribution in [0.4, 0.5) is 5.13 Å². The highest BCUT2D eigenvalue weighted by Crippen LogP contribution is 2.33. The summed E-state index contributed by atoms with van der Waals surface area (Å²) in [6, 6.07) is 9.81. The maximum absolute atomic E-state index is 13.1. The van der Waals surface area contributed by atoms with E-state index in [9.17, 15) is 4.79 Å². The third-order valence-electron chi connectivity index (χ3n) is 4.71. The Morgan fingerprint density at radius 2 is 2.00 bits per heavy atom. The normalized spacial score (nSPS) is 16.4. The summed E-state index contributed by atoms with van der Waals surface area (Å²) < 4.78 is 1.94. The average Bonchev–Trinajstić information content (AvgIpc) is 3.34. The van der Waals surface area contributed by atoms with Crippen molar-refractivity contribution in [2.24, 2.45) is 5.92 Å². The summed E-state index contributed by atoms with van der Waals surface area (Å²) in [5.41, 5.74) is 1.46. The van der Waals surface area contributed by atoms with Gasteiger partial charge < -0.3 is 10.2 Å². The van der Waals surface area contributed by atoms with Gasteiger partial charge in [-0.2, -0.15) is 5.10 Å². The molecule has 3 aromatic rings. The van der Waals surface area contributed by atoms with Gasteiger partial charge in [0.25, 0.3) is 5.91 Å². The zero-order valence-electron chi connectivity index (χ0n) is 15.6. The Balaban J connectivity index is 1.69. The van der Waals surface area contributed by atoms with Gasteiger partial charge in [0.2, 0.25) is 0 Å². The molecule has 140 valence electrons. The lowest BCUT2D eigenvalue weighted by Gasteiger charge is -2.37. The smallest absolute Gasteiger partial charge is 0.274 e. The Morgan fingerprint density at radius 3 is 2.67 bits per heavy atom. The van der Waals surface area contributed by atoms with E-state index in [1.807, 2.05) is 39.9 Å². The first-order chi connectivity index (χ1) is 13.1. The Morgan fingerprint density at radius 1 is 1.22 bits per heavy atom. The van der Waals surface area contributed by atoms with E-state index in [4.69, 9.17) is 4.98 Å². The highest BCUT2D eigenvalue weighted by molar-refractivity contribution is 7.13. The van der Waals surface area contributed by atoms with E-state index in [2.05, 4.69) is 29.2 Å². The molecule has 1 amide bonds. The number of anilines is 1. The maximum Gasteiger partial charge on any atom is 0.274 e. The minimum Gasteiger partial charge on any atom is -0.365 e. The van der Waals surface area contributed by atoms with Crippen LogP contribution in [0.2, 0.25) is 0 Å². The van der Waals surface area contributed by atoms with Gasteiger partial charge >= 0.3 is 0 Å². The molecule has 1 aromatic carbocycles. The maximum atomic E-state index is 13.1. The van der Waals surface area contributed by atoms with Crippen LogP contribution in [0, 0.1) is 5.92 Å². The Bertz CT molecular complexity index is 948. The first kappa shape index (κ1) is 17.7. The monoisotopic (exact) mass is 382 g/mol. The number of nitrogens with zero attached hydrogens (tertiary/aromatic N) is 5. The third-order valence-corrected chi connectivity index (χ3v) is 5.57. The fraction of sp³-hybridized carbons (Fsp3) is 0.368. The van der Waals surface area contributed by atoms with Gasteiger partial charge in [0.1, 0.15) is 5.69 Å². The van der Waals surface area contributed by atoms with Crippen molar-refractivity contribution in [2.75, 3.05) is 18.9 Å². The summed E-state index contributed by atoms with van der Waals surface area (Å²) >= 11 is 1.44. The molecule has 2 aromatic heterocycles. The number of carbonyl (C=O) groups excluding carboxylic acids is 1. The molecule has 3 heterocycles. The summed E-state index contributed by atoms with van der Waals surface area (Å²) in [7, 11) is 1.80. The number of nitrogens with one attached hydrogen (secondary N) is 1. The van der Waals surface area contributed by atoms with E-state index in [-0.39, 0.29) is 17.9 Å². The summed E-state index contributed by atoms with van der Waals surface area (Å²) in [6.45, 7) is 5.45. The average molecular weight is 382 g/mol. The van der Waals surface area contributed by atoms with Crippen LogP contribution in [0.3, 0.4) is 0 Å². The van der Waals surface area contributed by atoms with E-state index >= 15 is 0 Å². The molecule has 1 aliphatic rings. The summed E-state index contributed by atoms with van der Waals surface area (Å²) in [6.07, 6.45) is 0. The van der Waals surface area contributed by atoms with Gasteiger partial charge in [0.15, 0.2) is 16.8 Å². The van der Waals surface area contributed by atoms with Crippen LogP contribution >= 0.6 is 11.3 Å². The Hall–Kier alpha value is -2.74. The number of benzene rings is 1. The SMILES string of the molecule is CNc1nc(C(=O)N2CCn3nc(-c4ccccc4)nc3[C@@H]2C(C)C)cs1. The van der Waals surface area contributed by atoms with Crippen LogP contribution in [-0.2, 0) is 6.54 Å². The predicted molar refractivity (Wildman–Crippen MR) is 106 cm³/mol. The van der Waals surface area contributed by atoms with E-state index in [1.165, 1.54) is 11.3 Å². The summed E-state index contributed by atoms with van der Waals surface area (Å²) in [4.78, 5) is 24.2. The number of hydrogen-bond acceptors (Lipinski definition) is 6. The Kier molecular flexibility index (Phi) is 4.65. The van der Waals surface area contributed by atoms with Gasteiger partial charge in [0, 0.05) is 24.5 Å². The van der Waals surface area contributed by atoms with E-state index < -0.39 is 0 Å². The van der Waals surface area contributed by atoms with Crippen molar-refractivity contribution in [1.82, 2.24) is 24.6 Å². The van der Waals surface area contributed by atoms with Gasteiger partial charge in [-0.05, 0) is 5.92 Å². The van der Waals surface area contributed by atoms with E-state index in [1.54, 1.807) is 12.4 Å². The van der Waals surface area contributed by atoms with Crippen LogP contribution in [0.25, 0.3) is 11.4 Å². The standard InChI is InChI=1S/C19H22N6OS/c1-12(2)15-17-22-16(13-7-5-4-6-8-13)23-25(17)10-9-24(15)18(26)14-11-27-19(20-3)21-14/h4-8,11-12,15H,9-10H2,1-3H3,(H,20,21)/t15-/m0/s1. The lowest BCUT2D eigenvalue weighted by atomic mass is 9.99. The molecule has 27 heavy (non-hydrogen) atoms. The number of thiazole rings is 1. The van der Waals surface area contributed by atoms with Crippen molar-refractivity contribution in [2.45, 2.75) is 26.4 Å². The van der Waals surface area contributed by atoms with Gasteiger partial charge in [0.05, 0.1) is 12.6 Å². The van der Waals surface area contributed by atoms with Crippen LogP contribution < -0.4 is 5.32 Å². The molecule has 1 atom stereocenters. The quantitative estimate of drug-likeness (QED) is 0.749. The highest BCUT2D eigenvalue weighted by Gasteiger charge is 2.37. The number of rotatable bonds is 4. The van der Waals surface area contributed by atoms with Crippen LogP contribution in [0.15, 0.2) is 35.7 Å². The molecular formula is C19H22N6OS. The van der Waals surface area contributed by atoms with Gasteiger partial charge in [-0.1, -0.05) is 44.2 Å². The van der Waals surface area contributed by atoms with Gasteiger partial charge in [-0.15, -0.1) is 11.3 Å². The molecule has 8 heteroatoms. The van der Waals surface area contributed by atoms with Crippen molar-refractivity contribution in [3.8, 4) is 11.4 Å². The fourth-order valence-electron chi connectivity index (χ4n) is 3.45. The van der Waals surface area contributed by atoms with Crippen molar-refractivity contribution < 1.29 is 4.79 Å². The van der Waals surface area contributed by atoms with E-state index in [0.717, 1.165) is 16.5 Å². The van der Waals surface area contributed by atoms with Crippen LogP contribution in [0.5, 0.6) is 0 Å². The topological polar surface area (TPSA) is 75.9 Å². The van der Waals surface area contributed by atoms with Crippen molar-refractivity contribution in [3.63, 3.8) is 0 Å². The van der Waals surface area contributed by atoms with Crippen molar-refractivity contribution in [1.29, 1.82) is 0 Å². The molecule has 1 aliphatic heterocycles. The second-order valence-electron chi connectivity index (χ2n) is 6.86. The van der Waals surface area contributed by atoms with Crippen molar-refractivity contribution in [3.05, 3.63) is 47.2 Å². The largest absolute Gasteiger partial charge is 0.365 e. The number of hydrogen-bond donors (Lipinski definition) is 1. The fourth-order valence-corrected chi connectivity index (χ4v) is 4.09. The van der Waals surface area contributed by atoms with Gasteiger partial charge in [-0.3, -0.25) is 4.79 Å². The number of amides is 1. The molecular weight excluding hydrogens is 360 g/mol. The first-order valence-corrected chi connectivity index (χ1v) is 9.91. The molecule has 0 saturated carbocycles. The summed E-state index contributed by atoms with van der Waals surface area (Å²) in [5, 5.41) is 10.2. The molecule has 0 spiro atoms. The molecule has 0 bridgehead atoms. The minimum absolute atomic E-state index is 0.0537. The molecule has 0 saturated heterocycles. The number of aromatic nitrogens is 4. The molecule has 4 rings (SSSR count). The first-order valence-electron chi connectivity index (χ1n) is 9.03.